The summed E-state index contributed by atoms with van der Waals surface area (Å²) in [6.07, 6.45) is 0. The van der Waals surface area contributed by atoms with Gasteiger partial charge in [0.1, 0.15) is 8.07 Å². The Morgan fingerprint density at radius 2 is 0.633 bits per heavy atom. The van der Waals surface area contributed by atoms with Gasteiger partial charge in [-0.2, -0.15) is 0 Å². The van der Waals surface area contributed by atoms with Crippen LogP contribution in [0, 0.1) is 26.9 Å². The minimum absolute atomic E-state index is 0.117. The van der Waals surface area contributed by atoms with Crippen LogP contribution in [0.15, 0.2) is 182 Å². The Hall–Kier alpha value is -7.21. The average Bonchev–Trinajstić information content (AvgIpc) is 3.51. The van der Waals surface area contributed by atoms with Gasteiger partial charge in [0, 0.05) is 20.3 Å². The van der Waals surface area contributed by atoms with Crippen LogP contribution in [-0.2, 0) is 10.8 Å². The van der Waals surface area contributed by atoms with Gasteiger partial charge in [0.25, 0.3) is 0 Å². The molecule has 0 aliphatic carbocycles. The zero-order valence-electron chi connectivity index (χ0n) is 47.9. The molecule has 0 nitrogen and oxygen atoms in total. The Kier molecular flexibility index (Phi) is 13.2. The lowest BCUT2D eigenvalue weighted by molar-refractivity contribution is 0.601. The van der Waals surface area contributed by atoms with Gasteiger partial charge < -0.3 is 0 Å². The van der Waals surface area contributed by atoms with Crippen LogP contribution in [-0.4, -0.2) is 8.07 Å². The van der Waals surface area contributed by atoms with Crippen LogP contribution < -0.4 is 0 Å². The summed E-state index contributed by atoms with van der Waals surface area (Å²) >= 11 is 2.45. The normalized spacial score (nSPS) is 12.5. The molecule has 388 valence electrons. The van der Waals surface area contributed by atoms with Gasteiger partial charge in [-0.15, -0.1) is 5.54 Å². The number of halogens is 1. The summed E-state index contributed by atoms with van der Waals surface area (Å²) in [5.74, 6) is 11.3. The van der Waals surface area contributed by atoms with Crippen LogP contribution in [0.2, 0.25) is 16.6 Å². The molecule has 0 fully saturated rings. The van der Waals surface area contributed by atoms with Gasteiger partial charge in [0.05, 0.1) is 0 Å². The molecule has 12 aromatic rings. The molecule has 79 heavy (non-hydrogen) atoms. The molecule has 0 aliphatic rings. The zero-order chi connectivity index (χ0) is 55.3. The molecule has 12 rings (SSSR count). The molecule has 0 amide bonds. The lowest BCUT2D eigenvalue weighted by Gasteiger charge is -2.38. The molecule has 0 aromatic heterocycles. The molecule has 0 aliphatic heterocycles. The molecule has 0 radical (unpaired) electrons. The molecule has 0 spiro atoms. The maximum Gasteiger partial charge on any atom is 0.146 e. The number of hydrogen-bond acceptors (Lipinski definition) is 0. The van der Waals surface area contributed by atoms with Crippen LogP contribution in [0.1, 0.15) is 111 Å². The van der Waals surface area contributed by atoms with Crippen molar-refractivity contribution >= 4 is 117 Å². The molecule has 12 aromatic carbocycles. The van der Waals surface area contributed by atoms with Crippen molar-refractivity contribution in [1.82, 2.24) is 0 Å². The van der Waals surface area contributed by atoms with Crippen LogP contribution in [0.25, 0.3) is 108 Å². The van der Waals surface area contributed by atoms with Gasteiger partial charge in [-0.1, -0.05) is 222 Å². The second kappa shape index (κ2) is 19.8. The second-order valence-electron chi connectivity index (χ2n) is 25.2. The van der Waals surface area contributed by atoms with Crippen molar-refractivity contribution in [3.63, 3.8) is 0 Å². The van der Waals surface area contributed by atoms with Crippen molar-refractivity contribution in [1.29, 1.82) is 0 Å². The van der Waals surface area contributed by atoms with Crippen molar-refractivity contribution in [2.24, 2.45) is 0 Å². The molecule has 0 saturated heterocycles. The summed E-state index contributed by atoms with van der Waals surface area (Å²) in [5.41, 5.74) is 16.4. The molecular formula is C77H69ISi. The molecule has 0 atom stereocenters. The smallest absolute Gasteiger partial charge is 0.125 e. The fourth-order valence-corrected chi connectivity index (χ4v) is 19.9. The minimum Gasteiger partial charge on any atom is -0.125 e. The highest BCUT2D eigenvalue weighted by Crippen LogP contribution is 2.47. The topological polar surface area (TPSA) is 0 Å². The van der Waals surface area contributed by atoms with Gasteiger partial charge in [-0.05, 0) is 230 Å². The summed E-state index contributed by atoms with van der Waals surface area (Å²) < 4.78 is 1.25. The van der Waals surface area contributed by atoms with Gasteiger partial charge >= 0.3 is 0 Å². The third-order valence-corrected chi connectivity index (χ3v) is 24.7. The Bertz CT molecular complexity index is 4600. The molecule has 2 heteroatoms. The van der Waals surface area contributed by atoms with E-state index in [4.69, 9.17) is 0 Å². The van der Waals surface area contributed by atoms with Crippen molar-refractivity contribution in [3.8, 4) is 45.6 Å². The fraction of sp³-hybridized carbons (Fsp3) is 0.221. The number of hydrogen-bond donors (Lipinski definition) is 0. The van der Waals surface area contributed by atoms with E-state index in [2.05, 4.69) is 311 Å². The first-order chi connectivity index (χ1) is 37.8. The maximum absolute atomic E-state index is 4.09. The van der Waals surface area contributed by atoms with E-state index < -0.39 is 8.07 Å². The van der Waals surface area contributed by atoms with Gasteiger partial charge in [0.2, 0.25) is 0 Å². The standard InChI is InChI=1S/C77H69ISi/c1-47(2)79(48(3)4,49(5)6)40-39-52-23-15-33-62-67(52)46-72-60(31-20-35-64(72)75(62)77(10,11)12)58-29-17-26-55-42-54-25-16-28-57(68(54)44-69(55)58)59-30-19-34-63-71(59)45-66-51(22-14-32-61(66)74(63)76(7,8)9)38-37-50-21-13-24-53-41-56-27-18-36-73(78)70(56)43-65(50)53/h13-36,41-49H,1-12H3. The summed E-state index contributed by atoms with van der Waals surface area (Å²) in [6.45, 7) is 28.6. The summed E-state index contributed by atoms with van der Waals surface area (Å²) in [4.78, 5) is 0. The Labute approximate surface area is 482 Å². The second-order valence-corrected chi connectivity index (χ2v) is 32.0. The van der Waals surface area contributed by atoms with E-state index in [0.29, 0.717) is 16.6 Å². The summed E-state index contributed by atoms with van der Waals surface area (Å²) in [5, 5.41) is 19.9. The number of benzene rings is 12. The molecular weight excluding hydrogens is 1080 g/mol. The largest absolute Gasteiger partial charge is 0.146 e. The van der Waals surface area contributed by atoms with Crippen molar-refractivity contribution in [2.75, 3.05) is 0 Å². The van der Waals surface area contributed by atoms with E-state index in [-0.39, 0.29) is 10.8 Å². The predicted octanol–water partition coefficient (Wildman–Crippen LogP) is 22.4. The maximum atomic E-state index is 4.09. The average molecular weight is 1150 g/mol. The third kappa shape index (κ3) is 8.92. The molecule has 0 N–H and O–H groups in total. The molecule has 0 unspecified atom stereocenters. The van der Waals surface area contributed by atoms with E-state index in [9.17, 15) is 0 Å². The first-order valence-corrected chi connectivity index (χ1v) is 31.7. The van der Waals surface area contributed by atoms with Crippen molar-refractivity contribution in [3.05, 3.63) is 213 Å². The van der Waals surface area contributed by atoms with E-state index in [0.717, 1.165) is 16.7 Å². The zero-order valence-corrected chi connectivity index (χ0v) is 51.1. The summed E-state index contributed by atoms with van der Waals surface area (Å²) in [6, 6.07) is 68.7. The third-order valence-electron chi connectivity index (χ3n) is 17.5. The van der Waals surface area contributed by atoms with E-state index in [1.54, 1.807) is 0 Å². The van der Waals surface area contributed by atoms with E-state index in [1.807, 2.05) is 0 Å². The first-order valence-electron chi connectivity index (χ1n) is 28.4. The van der Waals surface area contributed by atoms with Crippen molar-refractivity contribution in [2.45, 2.75) is 111 Å². The number of rotatable bonds is 5. The highest BCUT2D eigenvalue weighted by Gasteiger charge is 2.42. The quantitative estimate of drug-likeness (QED) is 0.0697. The SMILES string of the molecule is CC(C)[Si](C#Cc1cccc2c(C(C)(C)C)c3cccc(-c4cccc5cc6cccc(-c7cccc8c(C(C)(C)C)c9cccc(C#Cc%10cccc%11cc%12cccc(I)c%12cc%10%11)c9cc78)c6cc45)c3cc12)(C(C)C)C(C)C. The molecule has 0 bridgehead atoms. The van der Waals surface area contributed by atoms with Crippen molar-refractivity contribution < 1.29 is 0 Å². The van der Waals surface area contributed by atoms with Crippen LogP contribution >= 0.6 is 22.6 Å². The summed E-state index contributed by atoms with van der Waals surface area (Å²) in [7, 11) is -1.99. The monoisotopic (exact) mass is 1150 g/mol. The highest BCUT2D eigenvalue weighted by molar-refractivity contribution is 14.1. The van der Waals surface area contributed by atoms with E-state index >= 15 is 0 Å². The first kappa shape index (κ1) is 52.5. The Morgan fingerprint density at radius 1 is 0.316 bits per heavy atom. The van der Waals surface area contributed by atoms with Gasteiger partial charge in [-0.25, -0.2) is 0 Å². The van der Waals surface area contributed by atoms with Crippen LogP contribution in [0.3, 0.4) is 0 Å². The highest BCUT2D eigenvalue weighted by atomic mass is 127. The predicted molar refractivity (Wildman–Crippen MR) is 358 cm³/mol. The minimum atomic E-state index is -1.99. The van der Waals surface area contributed by atoms with Gasteiger partial charge in [0.15, 0.2) is 0 Å². The fourth-order valence-electron chi connectivity index (χ4n) is 14.0. The Morgan fingerprint density at radius 3 is 1.08 bits per heavy atom. The van der Waals surface area contributed by atoms with E-state index in [1.165, 1.54) is 123 Å². The number of fused-ring (bicyclic) bond motifs is 8. The Balaban J connectivity index is 1.07. The van der Waals surface area contributed by atoms with Gasteiger partial charge in [-0.3, -0.25) is 0 Å². The molecule has 0 heterocycles. The van der Waals surface area contributed by atoms with Crippen LogP contribution in [0.4, 0.5) is 0 Å². The lowest BCUT2D eigenvalue weighted by atomic mass is 9.78. The lowest BCUT2D eigenvalue weighted by Crippen LogP contribution is -2.43. The molecule has 0 saturated carbocycles. The van der Waals surface area contributed by atoms with Crippen LogP contribution in [0.5, 0.6) is 0 Å².